The molecular formula is C16H22N2O4. The highest BCUT2D eigenvalue weighted by molar-refractivity contribution is 5.95. The Labute approximate surface area is 130 Å². The number of nitrogens with one attached hydrogen (secondary N) is 1. The van der Waals surface area contributed by atoms with Gasteiger partial charge in [0.25, 0.3) is 5.91 Å². The van der Waals surface area contributed by atoms with Crippen molar-refractivity contribution in [3.8, 4) is 11.5 Å². The number of rotatable bonds is 4. The average Bonchev–Trinajstić information content (AvgIpc) is 3.01. The van der Waals surface area contributed by atoms with Gasteiger partial charge in [0.15, 0.2) is 11.5 Å². The van der Waals surface area contributed by atoms with E-state index in [9.17, 15) is 4.79 Å². The summed E-state index contributed by atoms with van der Waals surface area (Å²) in [6.07, 6.45) is 0. The highest BCUT2D eigenvalue weighted by Gasteiger charge is 2.28. The first-order valence-corrected chi connectivity index (χ1v) is 7.57. The molecule has 6 nitrogen and oxygen atoms in total. The molecular weight excluding hydrogens is 284 g/mol. The Hall–Kier alpha value is -1.79. The Kier molecular flexibility index (Phi) is 4.22. The molecule has 3 rings (SSSR count). The molecule has 2 heterocycles. The van der Waals surface area contributed by atoms with E-state index in [4.69, 9.17) is 14.2 Å². The molecule has 1 fully saturated rings. The lowest BCUT2D eigenvalue weighted by Crippen LogP contribution is -2.55. The number of benzene rings is 1. The fourth-order valence-corrected chi connectivity index (χ4v) is 2.72. The fourth-order valence-electron chi connectivity index (χ4n) is 2.72. The van der Waals surface area contributed by atoms with Crippen LogP contribution in [0.4, 0.5) is 0 Å². The van der Waals surface area contributed by atoms with Crippen LogP contribution >= 0.6 is 0 Å². The molecule has 0 unspecified atom stereocenters. The van der Waals surface area contributed by atoms with Crippen molar-refractivity contribution < 1.29 is 19.0 Å². The molecule has 0 aromatic heterocycles. The number of morpholine rings is 1. The van der Waals surface area contributed by atoms with Crippen molar-refractivity contribution in [2.24, 2.45) is 0 Å². The minimum Gasteiger partial charge on any atom is -0.454 e. The summed E-state index contributed by atoms with van der Waals surface area (Å²) < 4.78 is 15.9. The van der Waals surface area contributed by atoms with Gasteiger partial charge in [-0.3, -0.25) is 9.69 Å². The van der Waals surface area contributed by atoms with E-state index in [1.54, 1.807) is 18.2 Å². The number of nitrogens with zero attached hydrogens (tertiary/aromatic N) is 1. The van der Waals surface area contributed by atoms with Gasteiger partial charge in [-0.15, -0.1) is 0 Å². The lowest BCUT2D eigenvalue weighted by Gasteiger charge is -2.40. The molecule has 0 bridgehead atoms. The fraction of sp³-hybridized carbons (Fsp3) is 0.562. The van der Waals surface area contributed by atoms with Gasteiger partial charge < -0.3 is 19.5 Å². The third-order valence-corrected chi connectivity index (χ3v) is 4.18. The molecule has 0 spiro atoms. The summed E-state index contributed by atoms with van der Waals surface area (Å²) in [5.74, 6) is 1.21. The summed E-state index contributed by atoms with van der Waals surface area (Å²) in [7, 11) is 0. The Morgan fingerprint density at radius 2 is 1.95 bits per heavy atom. The highest BCUT2D eigenvalue weighted by Crippen LogP contribution is 2.32. The quantitative estimate of drug-likeness (QED) is 0.907. The molecule has 1 aromatic rings. The second kappa shape index (κ2) is 6.14. The topological polar surface area (TPSA) is 60.0 Å². The maximum absolute atomic E-state index is 12.3. The summed E-state index contributed by atoms with van der Waals surface area (Å²) in [5, 5.41) is 3.01. The van der Waals surface area contributed by atoms with Crippen LogP contribution in [-0.2, 0) is 4.74 Å². The average molecular weight is 306 g/mol. The summed E-state index contributed by atoms with van der Waals surface area (Å²) >= 11 is 0. The first kappa shape index (κ1) is 15.1. The minimum absolute atomic E-state index is 0.0976. The van der Waals surface area contributed by atoms with Gasteiger partial charge in [-0.05, 0) is 32.0 Å². The molecule has 0 radical (unpaired) electrons. The van der Waals surface area contributed by atoms with E-state index in [0.717, 1.165) is 26.3 Å². The number of fused-ring (bicyclic) bond motifs is 1. The monoisotopic (exact) mass is 306 g/mol. The number of carbonyl (C=O) groups excluding carboxylic acids is 1. The summed E-state index contributed by atoms with van der Waals surface area (Å²) in [6.45, 7) is 8.36. The van der Waals surface area contributed by atoms with Crippen molar-refractivity contribution in [1.82, 2.24) is 10.2 Å². The van der Waals surface area contributed by atoms with Gasteiger partial charge in [-0.2, -0.15) is 0 Å². The van der Waals surface area contributed by atoms with Crippen LogP contribution in [0.15, 0.2) is 18.2 Å². The van der Waals surface area contributed by atoms with Crippen LogP contribution < -0.4 is 14.8 Å². The van der Waals surface area contributed by atoms with E-state index in [-0.39, 0.29) is 18.2 Å². The molecule has 0 atom stereocenters. The lowest BCUT2D eigenvalue weighted by molar-refractivity contribution is -0.00923. The molecule has 2 aliphatic heterocycles. The zero-order valence-electron chi connectivity index (χ0n) is 13.1. The van der Waals surface area contributed by atoms with Gasteiger partial charge in [-0.25, -0.2) is 0 Å². The zero-order valence-corrected chi connectivity index (χ0v) is 13.1. The Bertz CT molecular complexity index is 553. The van der Waals surface area contributed by atoms with Crippen LogP contribution in [0.3, 0.4) is 0 Å². The molecule has 1 amide bonds. The van der Waals surface area contributed by atoms with Gasteiger partial charge in [0.05, 0.1) is 13.2 Å². The molecule has 6 heteroatoms. The third-order valence-electron chi connectivity index (χ3n) is 4.18. The summed E-state index contributed by atoms with van der Waals surface area (Å²) in [6, 6.07) is 5.24. The number of hydrogen-bond acceptors (Lipinski definition) is 5. The minimum atomic E-state index is -0.101. The van der Waals surface area contributed by atoms with E-state index in [1.165, 1.54) is 0 Å². The van der Waals surface area contributed by atoms with Crippen LogP contribution in [0.2, 0.25) is 0 Å². The number of ether oxygens (including phenoxy) is 3. The van der Waals surface area contributed by atoms with Crippen molar-refractivity contribution >= 4 is 5.91 Å². The van der Waals surface area contributed by atoms with Crippen LogP contribution in [0.1, 0.15) is 24.2 Å². The molecule has 2 aliphatic rings. The number of carbonyl (C=O) groups is 1. The van der Waals surface area contributed by atoms with Crippen LogP contribution in [0, 0.1) is 0 Å². The van der Waals surface area contributed by atoms with E-state index in [0.29, 0.717) is 23.6 Å². The molecule has 1 aromatic carbocycles. The van der Waals surface area contributed by atoms with Crippen LogP contribution in [0.25, 0.3) is 0 Å². The second-order valence-electron chi connectivity index (χ2n) is 6.16. The Morgan fingerprint density at radius 1 is 1.23 bits per heavy atom. The molecule has 1 saturated heterocycles. The Balaban J connectivity index is 1.59. The van der Waals surface area contributed by atoms with Crippen molar-refractivity contribution in [2.75, 3.05) is 39.6 Å². The highest BCUT2D eigenvalue weighted by atomic mass is 16.7. The van der Waals surface area contributed by atoms with E-state index >= 15 is 0 Å². The standard InChI is InChI=1S/C16H22N2O4/c1-16(2,18-5-7-20-8-6-18)10-17-15(19)12-3-4-13-14(9-12)22-11-21-13/h3-4,9H,5-8,10-11H2,1-2H3,(H,17,19). The number of amides is 1. The van der Waals surface area contributed by atoms with Gasteiger partial charge >= 0.3 is 0 Å². The van der Waals surface area contributed by atoms with Crippen molar-refractivity contribution in [1.29, 1.82) is 0 Å². The predicted octanol–water partition coefficient (Wildman–Crippen LogP) is 1.26. The van der Waals surface area contributed by atoms with Crippen molar-refractivity contribution in [2.45, 2.75) is 19.4 Å². The summed E-state index contributed by atoms with van der Waals surface area (Å²) in [5.41, 5.74) is 0.484. The predicted molar refractivity (Wildman–Crippen MR) is 81.4 cm³/mol. The third kappa shape index (κ3) is 3.18. The van der Waals surface area contributed by atoms with Gasteiger partial charge in [0, 0.05) is 30.7 Å². The Morgan fingerprint density at radius 3 is 2.73 bits per heavy atom. The second-order valence-corrected chi connectivity index (χ2v) is 6.16. The van der Waals surface area contributed by atoms with Gasteiger partial charge in [-0.1, -0.05) is 0 Å². The maximum atomic E-state index is 12.3. The molecule has 22 heavy (non-hydrogen) atoms. The van der Waals surface area contributed by atoms with E-state index in [1.807, 2.05) is 0 Å². The van der Waals surface area contributed by atoms with Crippen LogP contribution in [0.5, 0.6) is 11.5 Å². The molecule has 0 aliphatic carbocycles. The van der Waals surface area contributed by atoms with Crippen LogP contribution in [-0.4, -0.2) is 56.0 Å². The van der Waals surface area contributed by atoms with Gasteiger partial charge in [0.1, 0.15) is 0 Å². The molecule has 120 valence electrons. The van der Waals surface area contributed by atoms with E-state index < -0.39 is 0 Å². The summed E-state index contributed by atoms with van der Waals surface area (Å²) in [4.78, 5) is 14.7. The largest absolute Gasteiger partial charge is 0.454 e. The smallest absolute Gasteiger partial charge is 0.251 e. The number of hydrogen-bond donors (Lipinski definition) is 1. The SMILES string of the molecule is CC(C)(CNC(=O)c1ccc2c(c1)OCO2)N1CCOCC1. The molecule has 1 N–H and O–H groups in total. The maximum Gasteiger partial charge on any atom is 0.251 e. The van der Waals surface area contributed by atoms with Crippen molar-refractivity contribution in [3.05, 3.63) is 23.8 Å². The first-order valence-electron chi connectivity index (χ1n) is 7.57. The zero-order chi connectivity index (χ0) is 15.6. The normalized spacial score (nSPS) is 18.3. The lowest BCUT2D eigenvalue weighted by atomic mass is 10.0. The molecule has 0 saturated carbocycles. The van der Waals surface area contributed by atoms with Crippen molar-refractivity contribution in [3.63, 3.8) is 0 Å². The van der Waals surface area contributed by atoms with Gasteiger partial charge in [0.2, 0.25) is 6.79 Å². The van der Waals surface area contributed by atoms with E-state index in [2.05, 4.69) is 24.1 Å². The first-order chi connectivity index (χ1) is 10.6.